The molecule has 5 heteroatoms. The Labute approximate surface area is 307 Å². The Morgan fingerprint density at radius 3 is 2.19 bits per heavy atom. The molecule has 0 saturated heterocycles. The monoisotopic (exact) mass is 695 g/mol. The minimum Gasteiger partial charge on any atom is -0.453 e. The number of aromatic nitrogens is 3. The zero-order chi connectivity index (χ0) is 34.6. The third kappa shape index (κ3) is 4.05. The maximum atomic E-state index is 7.26. The van der Waals surface area contributed by atoms with E-state index in [0.29, 0.717) is 5.82 Å². The van der Waals surface area contributed by atoms with Gasteiger partial charge in [0.15, 0.2) is 11.4 Å². The van der Waals surface area contributed by atoms with E-state index in [1.807, 2.05) is 0 Å². The van der Waals surface area contributed by atoms with Gasteiger partial charge in [0.1, 0.15) is 5.58 Å². The average molecular weight is 696 g/mol. The maximum absolute atomic E-state index is 7.26. The zero-order valence-corrected chi connectivity index (χ0v) is 29.3. The quantitative estimate of drug-likeness (QED) is 0.185. The van der Waals surface area contributed by atoms with Gasteiger partial charge in [-0.3, -0.25) is 0 Å². The van der Waals surface area contributed by atoms with Crippen LogP contribution in [0.2, 0.25) is 0 Å². The van der Waals surface area contributed by atoms with Crippen molar-refractivity contribution >= 4 is 92.2 Å². The molecule has 1 aliphatic rings. The number of fused-ring (bicyclic) bond motifs is 14. The lowest BCUT2D eigenvalue weighted by Crippen LogP contribution is -2.00. The Bertz CT molecular complexity index is 3350. The molecule has 7 aromatic carbocycles. The smallest absolute Gasteiger partial charge is 0.164 e. The van der Waals surface area contributed by atoms with E-state index in [4.69, 9.17) is 14.4 Å². The first-order valence-corrected chi connectivity index (χ1v) is 19.0. The molecular weight excluding hydrogens is 667 g/mol. The van der Waals surface area contributed by atoms with Gasteiger partial charge in [-0.05, 0) is 65.1 Å². The van der Waals surface area contributed by atoms with Gasteiger partial charge in [0, 0.05) is 42.9 Å². The molecule has 0 bridgehead atoms. The van der Waals surface area contributed by atoms with Crippen molar-refractivity contribution in [1.29, 1.82) is 0 Å². The number of thiophene rings is 1. The second-order valence-electron chi connectivity index (χ2n) is 13.9. The third-order valence-electron chi connectivity index (χ3n) is 11.1. The highest BCUT2D eigenvalue weighted by Crippen LogP contribution is 2.48. The van der Waals surface area contributed by atoms with Crippen molar-refractivity contribution in [3.63, 3.8) is 0 Å². The van der Waals surface area contributed by atoms with Crippen molar-refractivity contribution < 1.29 is 4.42 Å². The van der Waals surface area contributed by atoms with E-state index in [1.165, 1.54) is 42.9 Å². The summed E-state index contributed by atoms with van der Waals surface area (Å²) in [6.45, 7) is 0. The summed E-state index contributed by atoms with van der Waals surface area (Å²) in [4.78, 5) is 10.9. The van der Waals surface area contributed by atoms with Gasteiger partial charge in [-0.15, -0.1) is 11.3 Å². The standard InChI is InChI=1S/C48H29N3OS/c1-2-16-29(17-3-1)51-38-26-10-8-21-34(38)40-31-19-6-7-20-32(31)41-36-24-13-25-37(45(36)52-46(41)44(40)51)48-49-42(33-23-12-15-28-14-4-5-18-30(28)33)47-43(50-48)35-22-9-11-27-39(35)53-47/h1-4,6-17,19-27H,5,18H2. The first-order chi connectivity index (χ1) is 26.3. The van der Waals surface area contributed by atoms with Crippen LogP contribution in [0.25, 0.3) is 109 Å². The fraction of sp³-hybridized carbons (Fsp3) is 0.0417. The van der Waals surface area contributed by atoms with Crippen LogP contribution in [-0.4, -0.2) is 14.5 Å². The van der Waals surface area contributed by atoms with Crippen LogP contribution < -0.4 is 0 Å². The molecule has 4 heterocycles. The van der Waals surface area contributed by atoms with Gasteiger partial charge in [-0.1, -0.05) is 121 Å². The molecule has 248 valence electrons. The Balaban J connectivity index is 1.23. The van der Waals surface area contributed by atoms with Crippen molar-refractivity contribution in [2.45, 2.75) is 12.8 Å². The number of benzene rings is 7. The summed E-state index contributed by atoms with van der Waals surface area (Å²) in [7, 11) is 0. The lowest BCUT2D eigenvalue weighted by Gasteiger charge is -2.16. The van der Waals surface area contributed by atoms with Crippen LogP contribution in [0.4, 0.5) is 0 Å². The predicted octanol–water partition coefficient (Wildman–Crippen LogP) is 13.3. The summed E-state index contributed by atoms with van der Waals surface area (Å²) in [5.41, 5.74) is 11.7. The highest BCUT2D eigenvalue weighted by molar-refractivity contribution is 7.26. The summed E-state index contributed by atoms with van der Waals surface area (Å²) in [6, 6.07) is 49.7. The maximum Gasteiger partial charge on any atom is 0.164 e. The first-order valence-electron chi connectivity index (χ1n) is 18.1. The second kappa shape index (κ2) is 11.0. The van der Waals surface area contributed by atoms with Crippen molar-refractivity contribution in [1.82, 2.24) is 14.5 Å². The molecule has 0 atom stereocenters. The van der Waals surface area contributed by atoms with Crippen molar-refractivity contribution in [2.75, 3.05) is 0 Å². The molecule has 11 aromatic rings. The lowest BCUT2D eigenvalue weighted by atomic mass is 9.91. The average Bonchev–Trinajstić information content (AvgIpc) is 3.91. The second-order valence-corrected chi connectivity index (χ2v) is 15.0. The van der Waals surface area contributed by atoms with Gasteiger partial charge < -0.3 is 8.98 Å². The molecule has 53 heavy (non-hydrogen) atoms. The van der Waals surface area contributed by atoms with Gasteiger partial charge in [0.25, 0.3) is 0 Å². The summed E-state index contributed by atoms with van der Waals surface area (Å²) in [5.74, 6) is 0.675. The number of furan rings is 1. The minimum absolute atomic E-state index is 0.675. The molecule has 4 aromatic heterocycles. The molecule has 12 rings (SSSR count). The Morgan fingerprint density at radius 1 is 0.585 bits per heavy atom. The Hall–Kier alpha value is -6.56. The number of hydrogen-bond donors (Lipinski definition) is 0. The van der Waals surface area contributed by atoms with Gasteiger partial charge >= 0.3 is 0 Å². The largest absolute Gasteiger partial charge is 0.453 e. The normalized spacial score (nSPS) is 13.1. The molecule has 0 N–H and O–H groups in total. The molecule has 0 radical (unpaired) electrons. The highest BCUT2D eigenvalue weighted by Gasteiger charge is 2.26. The number of allylic oxidation sites excluding steroid dienone is 1. The van der Waals surface area contributed by atoms with Crippen molar-refractivity contribution in [2.24, 2.45) is 0 Å². The lowest BCUT2D eigenvalue weighted by molar-refractivity contribution is 0.672. The minimum atomic E-state index is 0.675. The van der Waals surface area contributed by atoms with Gasteiger partial charge in [0.2, 0.25) is 0 Å². The number of nitrogens with zero attached hydrogens (tertiary/aromatic N) is 3. The molecule has 0 aliphatic heterocycles. The fourth-order valence-corrected chi connectivity index (χ4v) is 9.96. The fourth-order valence-electron chi connectivity index (χ4n) is 8.82. The zero-order valence-electron chi connectivity index (χ0n) is 28.5. The van der Waals surface area contributed by atoms with Crippen LogP contribution in [0.15, 0.2) is 150 Å². The third-order valence-corrected chi connectivity index (χ3v) is 12.2. The molecule has 0 spiro atoms. The van der Waals surface area contributed by atoms with Crippen LogP contribution >= 0.6 is 11.3 Å². The van der Waals surface area contributed by atoms with E-state index in [2.05, 4.69) is 156 Å². The van der Waals surface area contributed by atoms with Crippen LogP contribution in [0, 0.1) is 0 Å². The predicted molar refractivity (Wildman–Crippen MR) is 222 cm³/mol. The molecule has 0 unspecified atom stereocenters. The highest BCUT2D eigenvalue weighted by atomic mass is 32.1. The Kier molecular flexibility index (Phi) is 6.02. The molecule has 0 amide bonds. The summed E-state index contributed by atoms with van der Waals surface area (Å²) in [5, 5.41) is 8.10. The SMILES string of the molecule is C1=Cc2cccc(-c3nc(-c4cccc5c4oc4c5c5ccccc5c5c6ccccc6n(-c6ccccc6)c45)nc4c3sc3ccccc34)c2CC1. The molecule has 1 aliphatic carbocycles. The Morgan fingerprint density at radius 2 is 1.30 bits per heavy atom. The van der Waals surface area contributed by atoms with Crippen LogP contribution in [-0.2, 0) is 6.42 Å². The first kappa shape index (κ1) is 29.1. The molecule has 0 fully saturated rings. The van der Waals surface area contributed by atoms with Crippen molar-refractivity contribution in [3.8, 4) is 28.3 Å². The number of rotatable bonds is 3. The number of para-hydroxylation sites is 3. The summed E-state index contributed by atoms with van der Waals surface area (Å²) < 4.78 is 12.0. The topological polar surface area (TPSA) is 43.9 Å². The summed E-state index contributed by atoms with van der Waals surface area (Å²) in [6.07, 6.45) is 6.54. The van der Waals surface area contributed by atoms with E-state index in [-0.39, 0.29) is 0 Å². The van der Waals surface area contributed by atoms with E-state index in [1.54, 1.807) is 11.3 Å². The van der Waals surface area contributed by atoms with Crippen LogP contribution in [0.1, 0.15) is 17.5 Å². The molecular formula is C48H29N3OS. The number of hydrogen-bond acceptors (Lipinski definition) is 4. The van der Waals surface area contributed by atoms with E-state index < -0.39 is 0 Å². The van der Waals surface area contributed by atoms with E-state index in [9.17, 15) is 0 Å². The van der Waals surface area contributed by atoms with Crippen LogP contribution in [0.3, 0.4) is 0 Å². The van der Waals surface area contributed by atoms with Gasteiger partial charge in [-0.25, -0.2) is 9.97 Å². The van der Waals surface area contributed by atoms with Crippen LogP contribution in [0.5, 0.6) is 0 Å². The molecule has 0 saturated carbocycles. The van der Waals surface area contributed by atoms with Gasteiger partial charge in [0.05, 0.1) is 32.5 Å². The van der Waals surface area contributed by atoms with Crippen molar-refractivity contribution in [3.05, 3.63) is 157 Å². The van der Waals surface area contributed by atoms with Gasteiger partial charge in [-0.2, -0.15) is 0 Å². The molecule has 4 nitrogen and oxygen atoms in total. The summed E-state index contributed by atoms with van der Waals surface area (Å²) >= 11 is 1.78. The van der Waals surface area contributed by atoms with E-state index >= 15 is 0 Å². The van der Waals surface area contributed by atoms with E-state index in [0.717, 1.165) is 78.4 Å².